The van der Waals surface area contributed by atoms with Crippen molar-refractivity contribution < 1.29 is 9.59 Å². The van der Waals surface area contributed by atoms with Crippen molar-refractivity contribution in [3.05, 3.63) is 27.8 Å². The van der Waals surface area contributed by atoms with Gasteiger partial charge >= 0.3 is 12.1 Å². The number of nitrogens with one attached hydrogen (secondary N) is 3. The number of hydrogen-bond donors (Lipinski definition) is 3. The lowest BCUT2D eigenvalue weighted by Gasteiger charge is -2.33. The van der Waals surface area contributed by atoms with Gasteiger partial charge in [-0.05, 0) is 66.5 Å². The second-order valence-corrected chi connectivity index (χ2v) is 8.40. The molecule has 0 bridgehead atoms. The molecule has 2 aliphatic rings. The van der Waals surface area contributed by atoms with Crippen molar-refractivity contribution in [2.24, 2.45) is 0 Å². The molecule has 0 unspecified atom stereocenters. The molecule has 7 heteroatoms. The number of carbonyl (C=O) groups is 2. The number of anilines is 1. The van der Waals surface area contributed by atoms with Crippen molar-refractivity contribution in [1.82, 2.24) is 15.5 Å². The topological polar surface area (TPSA) is 73.5 Å². The van der Waals surface area contributed by atoms with Gasteiger partial charge in [0.05, 0.1) is 0 Å². The average molecular weight is 470 g/mol. The maximum Gasteiger partial charge on any atom is 0.321 e. The van der Waals surface area contributed by atoms with Gasteiger partial charge in [0.15, 0.2) is 0 Å². The highest BCUT2D eigenvalue weighted by molar-refractivity contribution is 14.1. The lowest BCUT2D eigenvalue weighted by molar-refractivity contribution is 0.186. The van der Waals surface area contributed by atoms with Gasteiger partial charge in [-0.15, -0.1) is 0 Å². The minimum absolute atomic E-state index is 0.0568. The molecular formula is C19H27IN4O2. The minimum Gasteiger partial charge on any atom is -0.335 e. The molecule has 0 radical (unpaired) electrons. The van der Waals surface area contributed by atoms with Crippen LogP contribution in [-0.4, -0.2) is 42.1 Å². The van der Waals surface area contributed by atoms with Gasteiger partial charge in [-0.3, -0.25) is 0 Å². The first-order valence-electron chi connectivity index (χ1n) is 9.49. The summed E-state index contributed by atoms with van der Waals surface area (Å²) in [7, 11) is 0. The van der Waals surface area contributed by atoms with E-state index in [0.29, 0.717) is 19.1 Å². The number of carbonyl (C=O) groups excluding carboxylic acids is 2. The lowest BCUT2D eigenvalue weighted by atomic mass is 9.96. The molecule has 0 spiro atoms. The number of rotatable bonds is 3. The Hall–Kier alpha value is -1.51. The first-order chi connectivity index (χ1) is 12.6. The van der Waals surface area contributed by atoms with Gasteiger partial charge in [-0.2, -0.15) is 0 Å². The summed E-state index contributed by atoms with van der Waals surface area (Å²) < 4.78 is 1.09. The molecule has 6 nitrogen and oxygen atoms in total. The summed E-state index contributed by atoms with van der Waals surface area (Å²) in [5.74, 6) is 0. The normalized spacial score (nSPS) is 19.0. The third-order valence-corrected chi connectivity index (χ3v) is 5.80. The summed E-state index contributed by atoms with van der Waals surface area (Å²) >= 11 is 2.23. The summed E-state index contributed by atoms with van der Waals surface area (Å²) in [5, 5.41) is 9.11. The number of piperidine rings is 1. The Balaban J connectivity index is 1.39. The van der Waals surface area contributed by atoms with Crippen LogP contribution in [0, 0.1) is 3.57 Å². The first-order valence-corrected chi connectivity index (χ1v) is 10.6. The van der Waals surface area contributed by atoms with Crippen LogP contribution >= 0.6 is 22.6 Å². The quantitative estimate of drug-likeness (QED) is 0.586. The van der Waals surface area contributed by atoms with Gasteiger partial charge < -0.3 is 20.9 Å². The second-order valence-electron chi connectivity index (χ2n) is 7.15. The van der Waals surface area contributed by atoms with Crippen LogP contribution in [0.3, 0.4) is 0 Å². The van der Waals surface area contributed by atoms with Crippen molar-refractivity contribution in [3.63, 3.8) is 0 Å². The predicted octanol–water partition coefficient (Wildman–Crippen LogP) is 3.92. The van der Waals surface area contributed by atoms with Crippen molar-refractivity contribution in [2.75, 3.05) is 18.4 Å². The minimum atomic E-state index is -0.0721. The standard InChI is InChI=1S/C19H27IN4O2/c20-14-5-4-8-17(13-14)23-19(26)24-11-9-16(10-12-24)22-18(25)21-15-6-2-1-3-7-15/h4-5,8,13,15-16H,1-3,6-7,9-12H2,(H,23,26)(H2,21,22,25). The maximum atomic E-state index is 12.4. The fourth-order valence-electron chi connectivity index (χ4n) is 3.66. The van der Waals surface area contributed by atoms with Gasteiger partial charge in [0.2, 0.25) is 0 Å². The zero-order valence-electron chi connectivity index (χ0n) is 15.0. The Morgan fingerprint density at radius 2 is 1.62 bits per heavy atom. The molecule has 1 saturated heterocycles. The molecule has 4 amide bonds. The van der Waals surface area contributed by atoms with Gasteiger partial charge in [-0.1, -0.05) is 25.3 Å². The average Bonchev–Trinajstić information content (AvgIpc) is 2.63. The molecule has 142 valence electrons. The molecular weight excluding hydrogens is 443 g/mol. The van der Waals surface area contributed by atoms with E-state index in [2.05, 4.69) is 38.5 Å². The lowest BCUT2D eigenvalue weighted by Crippen LogP contribution is -2.51. The molecule has 3 N–H and O–H groups in total. The molecule has 3 rings (SSSR count). The van der Waals surface area contributed by atoms with E-state index in [1.54, 1.807) is 0 Å². The number of hydrogen-bond acceptors (Lipinski definition) is 2. The first kappa shape index (κ1) is 19.3. The molecule has 1 aromatic rings. The molecule has 1 aliphatic heterocycles. The highest BCUT2D eigenvalue weighted by Gasteiger charge is 2.25. The van der Waals surface area contributed by atoms with Crippen LogP contribution < -0.4 is 16.0 Å². The highest BCUT2D eigenvalue weighted by Crippen LogP contribution is 2.18. The summed E-state index contributed by atoms with van der Waals surface area (Å²) in [4.78, 5) is 26.4. The second kappa shape index (κ2) is 9.43. The Morgan fingerprint density at radius 3 is 2.27 bits per heavy atom. The van der Waals surface area contributed by atoms with E-state index in [4.69, 9.17) is 0 Å². The van der Waals surface area contributed by atoms with Crippen LogP contribution in [0.4, 0.5) is 15.3 Å². The summed E-state index contributed by atoms with van der Waals surface area (Å²) in [6, 6.07) is 8.09. The Bertz CT molecular complexity index is 626. The van der Waals surface area contributed by atoms with E-state index < -0.39 is 0 Å². The molecule has 2 fully saturated rings. The van der Waals surface area contributed by atoms with Crippen LogP contribution in [0.1, 0.15) is 44.9 Å². The van der Waals surface area contributed by atoms with E-state index in [1.807, 2.05) is 29.2 Å². The summed E-state index contributed by atoms with van der Waals surface area (Å²) in [6.45, 7) is 1.31. The molecule has 0 atom stereocenters. The van der Waals surface area contributed by atoms with Crippen LogP contribution in [0.15, 0.2) is 24.3 Å². The monoisotopic (exact) mass is 470 g/mol. The van der Waals surface area contributed by atoms with Gasteiger partial charge in [0.25, 0.3) is 0 Å². The van der Waals surface area contributed by atoms with E-state index in [9.17, 15) is 9.59 Å². The van der Waals surface area contributed by atoms with Crippen LogP contribution in [-0.2, 0) is 0 Å². The fourth-order valence-corrected chi connectivity index (χ4v) is 4.20. The number of likely N-dealkylation sites (tertiary alicyclic amines) is 1. The molecule has 0 aromatic heterocycles. The number of halogens is 1. The van der Waals surface area contributed by atoms with E-state index in [-0.39, 0.29) is 18.1 Å². The molecule has 1 heterocycles. The van der Waals surface area contributed by atoms with Gasteiger partial charge in [0.1, 0.15) is 0 Å². The van der Waals surface area contributed by atoms with Gasteiger partial charge in [0, 0.05) is 34.4 Å². The molecule has 1 aromatic carbocycles. The molecule has 1 aliphatic carbocycles. The predicted molar refractivity (Wildman–Crippen MR) is 111 cm³/mol. The fraction of sp³-hybridized carbons (Fsp3) is 0.579. The van der Waals surface area contributed by atoms with Crippen LogP contribution in [0.25, 0.3) is 0 Å². The van der Waals surface area contributed by atoms with E-state index >= 15 is 0 Å². The third kappa shape index (κ3) is 5.75. The smallest absolute Gasteiger partial charge is 0.321 e. The van der Waals surface area contributed by atoms with Crippen molar-refractivity contribution >= 4 is 40.3 Å². The SMILES string of the molecule is O=C(NC1CCCCC1)NC1CCN(C(=O)Nc2cccc(I)c2)CC1. The van der Waals surface area contributed by atoms with Crippen molar-refractivity contribution in [2.45, 2.75) is 57.0 Å². The van der Waals surface area contributed by atoms with E-state index in [0.717, 1.165) is 34.9 Å². The Morgan fingerprint density at radius 1 is 0.962 bits per heavy atom. The number of benzene rings is 1. The zero-order valence-corrected chi connectivity index (χ0v) is 17.1. The van der Waals surface area contributed by atoms with Crippen LogP contribution in [0.2, 0.25) is 0 Å². The number of amides is 4. The summed E-state index contributed by atoms with van der Waals surface area (Å²) in [6.07, 6.45) is 7.45. The Labute approximate surface area is 168 Å². The van der Waals surface area contributed by atoms with Gasteiger partial charge in [-0.25, -0.2) is 9.59 Å². The largest absolute Gasteiger partial charge is 0.335 e. The Kier molecular flexibility index (Phi) is 6.99. The molecule has 1 saturated carbocycles. The third-order valence-electron chi connectivity index (χ3n) is 5.13. The van der Waals surface area contributed by atoms with E-state index in [1.165, 1.54) is 19.3 Å². The zero-order chi connectivity index (χ0) is 18.4. The number of nitrogens with zero attached hydrogens (tertiary/aromatic N) is 1. The summed E-state index contributed by atoms with van der Waals surface area (Å²) in [5.41, 5.74) is 0.814. The van der Waals surface area contributed by atoms with Crippen LogP contribution in [0.5, 0.6) is 0 Å². The highest BCUT2D eigenvalue weighted by atomic mass is 127. The van der Waals surface area contributed by atoms with Crippen molar-refractivity contribution in [1.29, 1.82) is 0 Å². The van der Waals surface area contributed by atoms with Crippen molar-refractivity contribution in [3.8, 4) is 0 Å². The maximum absolute atomic E-state index is 12.4. The molecule has 26 heavy (non-hydrogen) atoms. The number of urea groups is 2.